The van der Waals surface area contributed by atoms with Crippen LogP contribution in [0.4, 0.5) is 0 Å². The Hall–Kier alpha value is -0.0400. The first-order valence-electron chi connectivity index (χ1n) is 7.58. The summed E-state index contributed by atoms with van der Waals surface area (Å²) < 4.78 is 0. The summed E-state index contributed by atoms with van der Waals surface area (Å²) in [5.74, 6) is 1.81. The third kappa shape index (κ3) is 5.34. The smallest absolute Gasteiger partial charge is 0.00462 e. The van der Waals surface area contributed by atoms with Crippen LogP contribution in [-0.4, -0.2) is 6.54 Å². The molecule has 1 unspecified atom stereocenters. The summed E-state index contributed by atoms with van der Waals surface area (Å²) in [6.07, 6.45) is 15.7. The van der Waals surface area contributed by atoms with E-state index < -0.39 is 0 Å². The fourth-order valence-electron chi connectivity index (χ4n) is 3.16. The molecule has 0 aromatic carbocycles. The van der Waals surface area contributed by atoms with E-state index in [0.29, 0.717) is 0 Å². The average molecular weight is 225 g/mol. The van der Waals surface area contributed by atoms with Crippen molar-refractivity contribution in [3.05, 3.63) is 0 Å². The maximum Gasteiger partial charge on any atom is -0.00462 e. The van der Waals surface area contributed by atoms with Crippen LogP contribution in [0.2, 0.25) is 0 Å². The molecule has 1 saturated carbocycles. The van der Waals surface area contributed by atoms with Gasteiger partial charge >= 0.3 is 0 Å². The van der Waals surface area contributed by atoms with Crippen LogP contribution in [0.5, 0.6) is 0 Å². The SMILES string of the molecule is CCCCCCCCC(CN)C1CCCC1. The first kappa shape index (κ1) is 14.0. The molecule has 1 rings (SSSR count). The molecule has 1 heteroatoms. The largest absolute Gasteiger partial charge is 0.330 e. The minimum absolute atomic E-state index is 0.841. The highest BCUT2D eigenvalue weighted by Crippen LogP contribution is 2.33. The maximum absolute atomic E-state index is 5.92. The minimum atomic E-state index is 0.841. The predicted molar refractivity (Wildman–Crippen MR) is 72.5 cm³/mol. The summed E-state index contributed by atoms with van der Waals surface area (Å²) in [5, 5.41) is 0. The molecule has 0 heterocycles. The molecule has 0 spiro atoms. The highest BCUT2D eigenvalue weighted by molar-refractivity contribution is 4.76. The normalized spacial score (nSPS) is 19.1. The van der Waals surface area contributed by atoms with Gasteiger partial charge in [-0.05, 0) is 24.8 Å². The third-order valence-corrected chi connectivity index (χ3v) is 4.30. The molecule has 0 aromatic rings. The van der Waals surface area contributed by atoms with Crippen LogP contribution in [-0.2, 0) is 0 Å². The van der Waals surface area contributed by atoms with Crippen LogP contribution in [0.1, 0.15) is 77.6 Å². The van der Waals surface area contributed by atoms with Gasteiger partial charge in [-0.3, -0.25) is 0 Å². The number of hydrogen-bond donors (Lipinski definition) is 1. The second-order valence-electron chi connectivity index (χ2n) is 5.60. The van der Waals surface area contributed by atoms with Crippen molar-refractivity contribution in [3.8, 4) is 0 Å². The van der Waals surface area contributed by atoms with E-state index in [0.717, 1.165) is 18.4 Å². The Morgan fingerprint density at radius 1 is 1.00 bits per heavy atom. The molecule has 0 saturated heterocycles. The van der Waals surface area contributed by atoms with Crippen molar-refractivity contribution in [3.63, 3.8) is 0 Å². The van der Waals surface area contributed by atoms with Gasteiger partial charge in [-0.15, -0.1) is 0 Å². The summed E-state index contributed by atoms with van der Waals surface area (Å²) in [6.45, 7) is 3.21. The minimum Gasteiger partial charge on any atom is -0.330 e. The van der Waals surface area contributed by atoms with Gasteiger partial charge in [0.15, 0.2) is 0 Å². The molecule has 1 fully saturated rings. The fraction of sp³-hybridized carbons (Fsp3) is 1.00. The molecule has 2 N–H and O–H groups in total. The second-order valence-corrected chi connectivity index (χ2v) is 5.60. The van der Waals surface area contributed by atoms with E-state index in [-0.39, 0.29) is 0 Å². The quantitative estimate of drug-likeness (QED) is 0.574. The van der Waals surface area contributed by atoms with Gasteiger partial charge < -0.3 is 5.73 Å². The van der Waals surface area contributed by atoms with Gasteiger partial charge in [0.1, 0.15) is 0 Å². The third-order valence-electron chi connectivity index (χ3n) is 4.30. The Morgan fingerprint density at radius 2 is 1.62 bits per heavy atom. The van der Waals surface area contributed by atoms with Crippen molar-refractivity contribution in [1.82, 2.24) is 0 Å². The van der Waals surface area contributed by atoms with Crippen molar-refractivity contribution in [2.75, 3.05) is 6.54 Å². The lowest BCUT2D eigenvalue weighted by Gasteiger charge is -2.21. The van der Waals surface area contributed by atoms with E-state index in [9.17, 15) is 0 Å². The van der Waals surface area contributed by atoms with E-state index in [1.54, 1.807) is 0 Å². The van der Waals surface area contributed by atoms with Crippen molar-refractivity contribution in [2.24, 2.45) is 17.6 Å². The van der Waals surface area contributed by atoms with Crippen LogP contribution in [0.15, 0.2) is 0 Å². The molecule has 0 bridgehead atoms. The molecular weight excluding hydrogens is 194 g/mol. The zero-order valence-electron chi connectivity index (χ0n) is 11.2. The lowest BCUT2D eigenvalue weighted by atomic mass is 9.86. The van der Waals surface area contributed by atoms with E-state index in [1.165, 1.54) is 70.6 Å². The van der Waals surface area contributed by atoms with Crippen LogP contribution in [0.3, 0.4) is 0 Å². The zero-order chi connectivity index (χ0) is 11.6. The van der Waals surface area contributed by atoms with E-state index in [1.807, 2.05) is 0 Å². The Bertz CT molecular complexity index is 150. The Kier molecular flexibility index (Phi) is 7.92. The van der Waals surface area contributed by atoms with Crippen molar-refractivity contribution in [2.45, 2.75) is 77.6 Å². The van der Waals surface area contributed by atoms with Crippen molar-refractivity contribution in [1.29, 1.82) is 0 Å². The first-order valence-corrected chi connectivity index (χ1v) is 7.58. The monoisotopic (exact) mass is 225 g/mol. The van der Waals surface area contributed by atoms with Gasteiger partial charge in [-0.2, -0.15) is 0 Å². The Balaban J connectivity index is 2.00. The first-order chi connectivity index (χ1) is 7.88. The van der Waals surface area contributed by atoms with Gasteiger partial charge in [-0.25, -0.2) is 0 Å². The summed E-state index contributed by atoms with van der Waals surface area (Å²) in [6, 6.07) is 0. The van der Waals surface area contributed by atoms with Crippen LogP contribution >= 0.6 is 0 Å². The predicted octanol–water partition coefficient (Wildman–Crippen LogP) is 4.50. The van der Waals surface area contributed by atoms with Gasteiger partial charge in [0.2, 0.25) is 0 Å². The molecule has 1 atom stereocenters. The topological polar surface area (TPSA) is 26.0 Å². The summed E-state index contributed by atoms with van der Waals surface area (Å²) in [4.78, 5) is 0. The van der Waals surface area contributed by atoms with Gasteiger partial charge in [0.05, 0.1) is 0 Å². The van der Waals surface area contributed by atoms with Crippen LogP contribution < -0.4 is 5.73 Å². The number of rotatable bonds is 9. The van der Waals surface area contributed by atoms with Crippen LogP contribution in [0.25, 0.3) is 0 Å². The summed E-state index contributed by atoms with van der Waals surface area (Å²) in [7, 11) is 0. The molecule has 0 aliphatic heterocycles. The number of hydrogen-bond acceptors (Lipinski definition) is 1. The highest BCUT2D eigenvalue weighted by atomic mass is 14.6. The zero-order valence-corrected chi connectivity index (χ0v) is 11.2. The lowest BCUT2D eigenvalue weighted by Crippen LogP contribution is -2.21. The molecular formula is C15H31N. The molecule has 16 heavy (non-hydrogen) atoms. The summed E-state index contributed by atoms with van der Waals surface area (Å²) >= 11 is 0. The van der Waals surface area contributed by atoms with Gasteiger partial charge in [0.25, 0.3) is 0 Å². The standard InChI is InChI=1S/C15H31N/c1-2-3-4-5-6-7-12-15(13-16)14-10-8-9-11-14/h14-15H,2-13,16H2,1H3. The van der Waals surface area contributed by atoms with Gasteiger partial charge in [-0.1, -0.05) is 71.1 Å². The number of unbranched alkanes of at least 4 members (excludes halogenated alkanes) is 5. The molecule has 1 nitrogen and oxygen atoms in total. The molecule has 96 valence electrons. The Morgan fingerprint density at radius 3 is 2.25 bits per heavy atom. The van der Waals surface area contributed by atoms with E-state index in [4.69, 9.17) is 5.73 Å². The van der Waals surface area contributed by atoms with Crippen LogP contribution in [0, 0.1) is 11.8 Å². The molecule has 0 aromatic heterocycles. The molecule has 1 aliphatic carbocycles. The second kappa shape index (κ2) is 9.04. The van der Waals surface area contributed by atoms with Crippen molar-refractivity contribution < 1.29 is 0 Å². The fourth-order valence-corrected chi connectivity index (χ4v) is 3.16. The molecule has 0 radical (unpaired) electrons. The van der Waals surface area contributed by atoms with E-state index >= 15 is 0 Å². The van der Waals surface area contributed by atoms with Gasteiger partial charge in [0, 0.05) is 0 Å². The maximum atomic E-state index is 5.92. The number of nitrogens with two attached hydrogens (primary N) is 1. The average Bonchev–Trinajstić information content (AvgIpc) is 2.82. The van der Waals surface area contributed by atoms with E-state index in [2.05, 4.69) is 6.92 Å². The lowest BCUT2D eigenvalue weighted by molar-refractivity contribution is 0.315. The Labute approximate surface area is 102 Å². The molecule has 1 aliphatic rings. The highest BCUT2D eigenvalue weighted by Gasteiger charge is 2.23. The van der Waals surface area contributed by atoms with Crippen molar-refractivity contribution >= 4 is 0 Å². The summed E-state index contributed by atoms with van der Waals surface area (Å²) in [5.41, 5.74) is 5.92. The molecule has 0 amide bonds.